The lowest BCUT2D eigenvalue weighted by Crippen LogP contribution is -2.31. The summed E-state index contributed by atoms with van der Waals surface area (Å²) >= 11 is 0. The predicted molar refractivity (Wildman–Crippen MR) is 92.8 cm³/mol. The van der Waals surface area contributed by atoms with Gasteiger partial charge in [0, 0.05) is 17.8 Å². The van der Waals surface area contributed by atoms with Gasteiger partial charge in [-0.05, 0) is 56.2 Å². The molecule has 126 valence electrons. The van der Waals surface area contributed by atoms with Gasteiger partial charge in [-0.3, -0.25) is 4.79 Å². The van der Waals surface area contributed by atoms with E-state index in [1.165, 1.54) is 0 Å². The first-order valence-electron chi connectivity index (χ1n) is 7.76. The van der Waals surface area contributed by atoms with Gasteiger partial charge >= 0.3 is 5.97 Å². The van der Waals surface area contributed by atoms with E-state index < -0.39 is 12.6 Å². The zero-order valence-electron chi connectivity index (χ0n) is 14.1. The Morgan fingerprint density at radius 3 is 2.50 bits per heavy atom. The van der Waals surface area contributed by atoms with E-state index in [1.54, 1.807) is 29.2 Å². The molecule has 0 bridgehead atoms. The van der Waals surface area contributed by atoms with E-state index in [0.717, 1.165) is 16.8 Å². The fraction of sp³-hybridized carbons (Fsp3) is 0.263. The van der Waals surface area contributed by atoms with Crippen molar-refractivity contribution in [2.24, 2.45) is 0 Å². The van der Waals surface area contributed by atoms with Crippen molar-refractivity contribution in [1.82, 2.24) is 0 Å². The van der Waals surface area contributed by atoms with Gasteiger partial charge in [-0.25, -0.2) is 4.79 Å². The number of anilines is 1. The molecule has 1 amide bonds. The average molecular weight is 327 g/mol. The normalized spacial score (nSPS) is 10.3. The summed E-state index contributed by atoms with van der Waals surface area (Å²) in [5.41, 5.74) is 3.52. The highest BCUT2D eigenvalue weighted by Crippen LogP contribution is 2.25. The summed E-state index contributed by atoms with van der Waals surface area (Å²) in [6.45, 7) is 6.02. The van der Waals surface area contributed by atoms with Crippen molar-refractivity contribution in [2.45, 2.75) is 20.8 Å². The quantitative estimate of drug-likeness (QED) is 0.882. The van der Waals surface area contributed by atoms with Crippen LogP contribution in [0.15, 0.2) is 42.5 Å². The number of aliphatic carboxylic acids is 1. The van der Waals surface area contributed by atoms with Crippen LogP contribution in [0.3, 0.4) is 0 Å². The molecule has 0 saturated heterocycles. The van der Waals surface area contributed by atoms with Crippen LogP contribution in [0.1, 0.15) is 28.4 Å². The number of amides is 1. The van der Waals surface area contributed by atoms with Crippen LogP contribution in [-0.4, -0.2) is 30.1 Å². The van der Waals surface area contributed by atoms with E-state index >= 15 is 0 Å². The molecule has 0 heterocycles. The monoisotopic (exact) mass is 327 g/mol. The van der Waals surface area contributed by atoms with Crippen LogP contribution in [0.5, 0.6) is 5.75 Å². The lowest BCUT2D eigenvalue weighted by molar-refractivity contribution is -0.139. The first kappa shape index (κ1) is 17.5. The number of ether oxygens (including phenoxy) is 1. The summed E-state index contributed by atoms with van der Waals surface area (Å²) in [4.78, 5) is 25.2. The van der Waals surface area contributed by atoms with Crippen molar-refractivity contribution < 1.29 is 19.4 Å². The van der Waals surface area contributed by atoms with Crippen LogP contribution in [0.25, 0.3) is 0 Å². The second-order valence-electron chi connectivity index (χ2n) is 5.48. The molecular weight excluding hydrogens is 306 g/mol. The largest absolute Gasteiger partial charge is 0.482 e. The maximum Gasteiger partial charge on any atom is 0.341 e. The fourth-order valence-electron chi connectivity index (χ4n) is 2.47. The van der Waals surface area contributed by atoms with Crippen molar-refractivity contribution in [3.63, 3.8) is 0 Å². The van der Waals surface area contributed by atoms with Crippen molar-refractivity contribution in [3.05, 3.63) is 59.2 Å². The molecule has 0 aliphatic heterocycles. The fourth-order valence-corrected chi connectivity index (χ4v) is 2.47. The van der Waals surface area contributed by atoms with Crippen LogP contribution < -0.4 is 9.64 Å². The number of carbonyl (C=O) groups excluding carboxylic acids is 1. The Bertz CT molecular complexity index is 755. The zero-order valence-corrected chi connectivity index (χ0v) is 14.1. The molecule has 0 saturated carbocycles. The molecule has 2 aromatic carbocycles. The van der Waals surface area contributed by atoms with Crippen LogP contribution in [0, 0.1) is 13.8 Å². The minimum absolute atomic E-state index is 0.146. The Morgan fingerprint density at radius 1 is 1.12 bits per heavy atom. The average Bonchev–Trinajstić information content (AvgIpc) is 2.57. The SMILES string of the molecule is CCN(C(=O)c1cccc(OCC(=O)O)c1)c1cccc(C)c1C. The highest BCUT2D eigenvalue weighted by molar-refractivity contribution is 6.06. The number of carbonyl (C=O) groups is 2. The Labute approximate surface area is 141 Å². The minimum atomic E-state index is -1.06. The van der Waals surface area contributed by atoms with E-state index in [1.807, 2.05) is 39.0 Å². The molecule has 2 rings (SSSR count). The zero-order chi connectivity index (χ0) is 17.7. The second kappa shape index (κ2) is 7.64. The molecule has 0 atom stereocenters. The van der Waals surface area contributed by atoms with Crippen LogP contribution >= 0.6 is 0 Å². The number of carboxylic acid groups (broad SMARTS) is 1. The van der Waals surface area contributed by atoms with E-state index in [-0.39, 0.29) is 5.91 Å². The molecule has 2 aromatic rings. The van der Waals surface area contributed by atoms with Gasteiger partial charge in [-0.15, -0.1) is 0 Å². The van der Waals surface area contributed by atoms with E-state index in [9.17, 15) is 9.59 Å². The van der Waals surface area contributed by atoms with Gasteiger partial charge in [0.1, 0.15) is 5.75 Å². The summed E-state index contributed by atoms with van der Waals surface area (Å²) in [5.74, 6) is -0.843. The molecule has 5 nitrogen and oxygen atoms in total. The molecule has 0 spiro atoms. The molecule has 0 aliphatic rings. The number of hydrogen-bond donors (Lipinski definition) is 1. The molecule has 0 aromatic heterocycles. The van der Waals surface area contributed by atoms with E-state index in [0.29, 0.717) is 17.9 Å². The topological polar surface area (TPSA) is 66.8 Å². The van der Waals surface area contributed by atoms with Crippen LogP contribution in [0.4, 0.5) is 5.69 Å². The lowest BCUT2D eigenvalue weighted by atomic mass is 10.1. The summed E-state index contributed by atoms with van der Waals surface area (Å²) < 4.78 is 5.15. The maximum absolute atomic E-state index is 12.9. The maximum atomic E-state index is 12.9. The molecule has 0 radical (unpaired) electrons. The van der Waals surface area contributed by atoms with Crippen molar-refractivity contribution in [2.75, 3.05) is 18.1 Å². The van der Waals surface area contributed by atoms with Gasteiger partial charge in [0.15, 0.2) is 6.61 Å². The number of benzene rings is 2. The van der Waals surface area contributed by atoms with E-state index in [2.05, 4.69) is 0 Å². The third-order valence-corrected chi connectivity index (χ3v) is 3.87. The number of nitrogens with zero attached hydrogens (tertiary/aromatic N) is 1. The molecule has 24 heavy (non-hydrogen) atoms. The van der Waals surface area contributed by atoms with Gasteiger partial charge < -0.3 is 14.7 Å². The van der Waals surface area contributed by atoms with Crippen LogP contribution in [-0.2, 0) is 4.79 Å². The Morgan fingerprint density at radius 2 is 1.83 bits per heavy atom. The molecular formula is C19H21NO4. The van der Waals surface area contributed by atoms with Crippen LogP contribution in [0.2, 0.25) is 0 Å². The minimum Gasteiger partial charge on any atom is -0.482 e. The standard InChI is InChI=1S/C19H21NO4/c1-4-20(17-10-5-7-13(2)14(17)3)19(23)15-8-6-9-16(11-15)24-12-18(21)22/h5-11H,4,12H2,1-3H3,(H,21,22). The Kier molecular flexibility index (Phi) is 5.58. The van der Waals surface area contributed by atoms with Gasteiger partial charge in [0.25, 0.3) is 5.91 Å². The second-order valence-corrected chi connectivity index (χ2v) is 5.48. The van der Waals surface area contributed by atoms with Gasteiger partial charge in [-0.1, -0.05) is 18.2 Å². The number of rotatable bonds is 6. The predicted octanol–water partition coefficient (Wildman–Crippen LogP) is 3.43. The van der Waals surface area contributed by atoms with Crippen molar-refractivity contribution in [1.29, 1.82) is 0 Å². The number of carboxylic acids is 1. The lowest BCUT2D eigenvalue weighted by Gasteiger charge is -2.24. The number of hydrogen-bond acceptors (Lipinski definition) is 3. The molecule has 5 heteroatoms. The molecule has 1 N–H and O–H groups in total. The summed E-state index contributed by atoms with van der Waals surface area (Å²) in [5, 5.41) is 8.68. The summed E-state index contributed by atoms with van der Waals surface area (Å²) in [6, 6.07) is 12.4. The first-order chi connectivity index (χ1) is 11.4. The first-order valence-corrected chi connectivity index (χ1v) is 7.76. The molecule has 0 fully saturated rings. The third kappa shape index (κ3) is 3.93. The smallest absolute Gasteiger partial charge is 0.341 e. The van der Waals surface area contributed by atoms with Gasteiger partial charge in [-0.2, -0.15) is 0 Å². The Balaban J connectivity index is 2.30. The van der Waals surface area contributed by atoms with Crippen molar-refractivity contribution in [3.8, 4) is 5.75 Å². The van der Waals surface area contributed by atoms with E-state index in [4.69, 9.17) is 9.84 Å². The van der Waals surface area contributed by atoms with Gasteiger partial charge in [0.2, 0.25) is 0 Å². The van der Waals surface area contributed by atoms with Gasteiger partial charge in [0.05, 0.1) is 0 Å². The summed E-state index contributed by atoms with van der Waals surface area (Å²) in [7, 11) is 0. The van der Waals surface area contributed by atoms with Crippen molar-refractivity contribution >= 4 is 17.6 Å². The third-order valence-electron chi connectivity index (χ3n) is 3.87. The highest BCUT2D eigenvalue weighted by atomic mass is 16.5. The molecule has 0 unspecified atom stereocenters. The highest BCUT2D eigenvalue weighted by Gasteiger charge is 2.18. The number of aryl methyl sites for hydroxylation is 1. The molecule has 0 aliphatic carbocycles. The Hall–Kier alpha value is -2.82. The summed E-state index contributed by atoms with van der Waals surface area (Å²) in [6.07, 6.45) is 0.